The van der Waals surface area contributed by atoms with E-state index in [0.717, 1.165) is 17.8 Å². The van der Waals surface area contributed by atoms with Crippen molar-refractivity contribution in [3.05, 3.63) is 0 Å². The summed E-state index contributed by atoms with van der Waals surface area (Å²) in [5.74, 6) is 2.91. The lowest BCUT2D eigenvalue weighted by Crippen LogP contribution is -2.49. The van der Waals surface area contributed by atoms with Crippen LogP contribution >= 0.6 is 0 Å². The van der Waals surface area contributed by atoms with Crippen LogP contribution in [0.1, 0.15) is 44.9 Å². The molecule has 4 bridgehead atoms. The third kappa shape index (κ3) is 1.14. The van der Waals surface area contributed by atoms with Gasteiger partial charge in [0.25, 0.3) is 0 Å². The minimum Gasteiger partial charge on any atom is -0.273 e. The lowest BCUT2D eigenvalue weighted by molar-refractivity contribution is -0.119. The standard InChI is InChI=1S/C13H18N2O/c16-12-4-11(14-15-12)13-5-8-1-9(6-13)3-10(2-8)7-13/h8-10H,1-7H2,(H,15,16). The van der Waals surface area contributed by atoms with E-state index in [-0.39, 0.29) is 5.91 Å². The summed E-state index contributed by atoms with van der Waals surface area (Å²) in [7, 11) is 0. The van der Waals surface area contributed by atoms with Crippen LogP contribution in [-0.2, 0) is 4.79 Å². The Morgan fingerprint density at radius 3 is 2.06 bits per heavy atom. The van der Waals surface area contributed by atoms with Crippen LogP contribution in [0, 0.1) is 23.2 Å². The molecule has 0 unspecified atom stereocenters. The number of carbonyl (C=O) groups excluding carboxylic acids is 1. The largest absolute Gasteiger partial charge is 0.273 e. The molecular formula is C13H18N2O. The fraction of sp³-hybridized carbons (Fsp3) is 0.846. The smallest absolute Gasteiger partial charge is 0.245 e. The quantitative estimate of drug-likeness (QED) is 0.719. The van der Waals surface area contributed by atoms with Crippen molar-refractivity contribution in [1.29, 1.82) is 0 Å². The number of hydrogen-bond donors (Lipinski definition) is 1. The zero-order valence-corrected chi connectivity index (χ0v) is 9.54. The van der Waals surface area contributed by atoms with E-state index in [1.54, 1.807) is 0 Å². The van der Waals surface area contributed by atoms with Gasteiger partial charge < -0.3 is 0 Å². The van der Waals surface area contributed by atoms with E-state index in [9.17, 15) is 4.79 Å². The molecule has 0 aromatic heterocycles. The number of rotatable bonds is 1. The summed E-state index contributed by atoms with van der Waals surface area (Å²) in [5, 5.41) is 4.32. The highest BCUT2D eigenvalue weighted by Gasteiger charge is 2.53. The normalized spacial score (nSPS) is 49.4. The highest BCUT2D eigenvalue weighted by atomic mass is 16.2. The fourth-order valence-corrected chi connectivity index (χ4v) is 5.13. The summed E-state index contributed by atoms with van der Waals surface area (Å²) in [5.41, 5.74) is 4.16. The van der Waals surface area contributed by atoms with Crippen LogP contribution in [0.3, 0.4) is 0 Å². The molecule has 5 aliphatic rings. The summed E-state index contributed by atoms with van der Waals surface area (Å²) < 4.78 is 0. The molecule has 1 N–H and O–H groups in total. The van der Waals surface area contributed by atoms with Crippen molar-refractivity contribution in [2.24, 2.45) is 28.3 Å². The molecule has 0 saturated heterocycles. The van der Waals surface area contributed by atoms with Gasteiger partial charge in [-0.3, -0.25) is 4.79 Å². The molecule has 4 aliphatic carbocycles. The zero-order valence-electron chi connectivity index (χ0n) is 9.54. The minimum absolute atomic E-state index is 0.103. The molecule has 0 atom stereocenters. The fourth-order valence-electron chi connectivity index (χ4n) is 5.13. The number of hydrazone groups is 1. The molecule has 4 fully saturated rings. The van der Waals surface area contributed by atoms with Crippen LogP contribution < -0.4 is 5.43 Å². The Labute approximate surface area is 95.7 Å². The van der Waals surface area contributed by atoms with Crippen molar-refractivity contribution >= 4 is 11.6 Å². The Kier molecular flexibility index (Phi) is 1.65. The van der Waals surface area contributed by atoms with Crippen molar-refractivity contribution in [1.82, 2.24) is 5.43 Å². The summed E-state index contributed by atoms with van der Waals surface area (Å²) in [6, 6.07) is 0. The van der Waals surface area contributed by atoms with Crippen LogP contribution in [0.25, 0.3) is 0 Å². The van der Waals surface area contributed by atoms with Gasteiger partial charge in [-0.25, -0.2) is 5.43 Å². The van der Waals surface area contributed by atoms with E-state index < -0.39 is 0 Å². The van der Waals surface area contributed by atoms with E-state index in [1.165, 1.54) is 44.2 Å². The van der Waals surface area contributed by atoms with Gasteiger partial charge in [0.15, 0.2) is 0 Å². The molecule has 1 amide bonds. The third-order valence-electron chi connectivity index (χ3n) is 5.29. The maximum atomic E-state index is 11.3. The van der Waals surface area contributed by atoms with Crippen LogP contribution in [0.15, 0.2) is 5.10 Å². The van der Waals surface area contributed by atoms with Gasteiger partial charge in [0, 0.05) is 5.41 Å². The number of hydrogen-bond acceptors (Lipinski definition) is 2. The first-order valence-corrected chi connectivity index (χ1v) is 6.59. The molecule has 5 rings (SSSR count). The maximum Gasteiger partial charge on any atom is 0.245 e. The summed E-state index contributed by atoms with van der Waals surface area (Å²) >= 11 is 0. The van der Waals surface area contributed by atoms with Crippen molar-refractivity contribution in [3.63, 3.8) is 0 Å². The van der Waals surface area contributed by atoms with Crippen LogP contribution in [0.2, 0.25) is 0 Å². The molecule has 0 aromatic carbocycles. The molecule has 0 radical (unpaired) electrons. The molecular weight excluding hydrogens is 200 g/mol. The van der Waals surface area contributed by atoms with Gasteiger partial charge in [-0.2, -0.15) is 5.10 Å². The molecule has 3 nitrogen and oxygen atoms in total. The van der Waals surface area contributed by atoms with Gasteiger partial charge in [0.1, 0.15) is 0 Å². The SMILES string of the molecule is O=C1CC(C23CC4CC(CC(C4)C2)C3)=NN1. The molecule has 0 spiro atoms. The van der Waals surface area contributed by atoms with E-state index >= 15 is 0 Å². The summed E-state index contributed by atoms with van der Waals surface area (Å²) in [6.45, 7) is 0. The molecule has 16 heavy (non-hydrogen) atoms. The minimum atomic E-state index is 0.103. The van der Waals surface area contributed by atoms with Gasteiger partial charge in [-0.15, -0.1) is 0 Å². The van der Waals surface area contributed by atoms with Crippen LogP contribution in [0.5, 0.6) is 0 Å². The van der Waals surface area contributed by atoms with E-state index in [2.05, 4.69) is 10.5 Å². The number of carbonyl (C=O) groups is 1. The Balaban J connectivity index is 1.69. The van der Waals surface area contributed by atoms with E-state index in [4.69, 9.17) is 0 Å². The first kappa shape index (κ1) is 9.20. The highest BCUT2D eigenvalue weighted by Crippen LogP contribution is 2.61. The van der Waals surface area contributed by atoms with Crippen LogP contribution in [0.4, 0.5) is 0 Å². The first-order chi connectivity index (χ1) is 7.73. The molecule has 3 heteroatoms. The average molecular weight is 218 g/mol. The molecule has 86 valence electrons. The van der Waals surface area contributed by atoms with Crippen molar-refractivity contribution in [2.45, 2.75) is 44.9 Å². The number of nitrogens with one attached hydrogen (secondary N) is 1. The second-order valence-electron chi connectivity index (χ2n) is 6.47. The van der Waals surface area contributed by atoms with Gasteiger partial charge in [0.2, 0.25) is 5.91 Å². The maximum absolute atomic E-state index is 11.3. The monoisotopic (exact) mass is 218 g/mol. The Morgan fingerprint density at radius 2 is 1.62 bits per heavy atom. The lowest BCUT2D eigenvalue weighted by atomic mass is 9.48. The van der Waals surface area contributed by atoms with Gasteiger partial charge >= 0.3 is 0 Å². The predicted octanol–water partition coefficient (Wildman–Crippen LogP) is 2.08. The highest BCUT2D eigenvalue weighted by molar-refractivity contribution is 6.07. The Bertz CT molecular complexity index is 350. The Morgan fingerprint density at radius 1 is 1.06 bits per heavy atom. The number of amides is 1. The van der Waals surface area contributed by atoms with E-state index in [1.807, 2.05) is 0 Å². The zero-order chi connectivity index (χ0) is 10.8. The van der Waals surface area contributed by atoms with Gasteiger partial charge in [-0.05, 0) is 56.3 Å². The average Bonchev–Trinajstić information content (AvgIpc) is 2.63. The number of nitrogens with zero attached hydrogens (tertiary/aromatic N) is 1. The predicted molar refractivity (Wildman–Crippen MR) is 60.8 cm³/mol. The summed E-state index contributed by atoms with van der Waals surface area (Å²) in [6.07, 6.45) is 8.87. The molecule has 0 aromatic rings. The molecule has 1 aliphatic heterocycles. The second kappa shape index (κ2) is 2.88. The molecule has 4 saturated carbocycles. The third-order valence-corrected chi connectivity index (χ3v) is 5.29. The van der Waals surface area contributed by atoms with Crippen molar-refractivity contribution in [2.75, 3.05) is 0 Å². The van der Waals surface area contributed by atoms with Crippen LogP contribution in [-0.4, -0.2) is 11.6 Å². The van der Waals surface area contributed by atoms with E-state index in [0.29, 0.717) is 11.8 Å². The summed E-state index contributed by atoms with van der Waals surface area (Å²) in [4.78, 5) is 11.3. The van der Waals surface area contributed by atoms with Gasteiger partial charge in [0.05, 0.1) is 12.1 Å². The first-order valence-electron chi connectivity index (χ1n) is 6.59. The van der Waals surface area contributed by atoms with Crippen molar-refractivity contribution in [3.8, 4) is 0 Å². The molecule has 1 heterocycles. The lowest BCUT2D eigenvalue weighted by Gasteiger charge is -2.56. The second-order valence-corrected chi connectivity index (χ2v) is 6.47. The van der Waals surface area contributed by atoms with Crippen molar-refractivity contribution < 1.29 is 4.79 Å². The van der Waals surface area contributed by atoms with Gasteiger partial charge in [-0.1, -0.05) is 0 Å². The Hall–Kier alpha value is -0.860. The topological polar surface area (TPSA) is 41.5 Å².